The highest BCUT2D eigenvalue weighted by Crippen LogP contribution is 2.18. The van der Waals surface area contributed by atoms with Crippen LogP contribution in [0, 0.1) is 0 Å². The monoisotopic (exact) mass is 364 g/mol. The van der Waals surface area contributed by atoms with Crippen molar-refractivity contribution in [1.82, 2.24) is 25.1 Å². The Morgan fingerprint density at radius 1 is 1.23 bits per heavy atom. The van der Waals surface area contributed by atoms with Crippen molar-refractivity contribution in [1.29, 1.82) is 0 Å². The van der Waals surface area contributed by atoms with Crippen LogP contribution in [-0.4, -0.2) is 65.0 Å². The molecule has 10 heteroatoms. The first kappa shape index (κ1) is 19.6. The van der Waals surface area contributed by atoms with E-state index in [9.17, 15) is 9.59 Å². The van der Waals surface area contributed by atoms with E-state index in [-0.39, 0.29) is 24.7 Å². The van der Waals surface area contributed by atoms with Gasteiger partial charge in [-0.1, -0.05) is 0 Å². The molecule has 10 nitrogen and oxygen atoms in total. The van der Waals surface area contributed by atoms with E-state index in [1.165, 1.54) is 6.33 Å². The van der Waals surface area contributed by atoms with Gasteiger partial charge in [0.1, 0.15) is 12.1 Å². The molecule has 0 unspecified atom stereocenters. The number of ether oxygens (including phenoxy) is 2. The van der Waals surface area contributed by atoms with Crippen LogP contribution in [0.3, 0.4) is 0 Å². The van der Waals surface area contributed by atoms with E-state index in [0.29, 0.717) is 44.3 Å². The Morgan fingerprint density at radius 3 is 2.85 bits per heavy atom. The molecule has 0 saturated carbocycles. The summed E-state index contributed by atoms with van der Waals surface area (Å²) in [5.41, 5.74) is 0.681. The van der Waals surface area contributed by atoms with Crippen LogP contribution in [0.1, 0.15) is 19.8 Å². The predicted octanol–water partition coefficient (Wildman–Crippen LogP) is 0.344. The molecule has 0 bridgehead atoms. The minimum atomic E-state index is -0.370. The number of amides is 1. The molecule has 2 aromatic heterocycles. The molecule has 2 N–H and O–H groups in total. The first-order valence-corrected chi connectivity index (χ1v) is 8.47. The zero-order chi connectivity index (χ0) is 18.8. The molecule has 0 aliphatic heterocycles. The van der Waals surface area contributed by atoms with Crippen molar-refractivity contribution >= 4 is 28.7 Å². The molecule has 26 heavy (non-hydrogen) atoms. The van der Waals surface area contributed by atoms with Crippen LogP contribution in [0.2, 0.25) is 0 Å². The average molecular weight is 364 g/mol. The molecule has 1 amide bonds. The predicted molar refractivity (Wildman–Crippen MR) is 94.6 cm³/mol. The van der Waals surface area contributed by atoms with Gasteiger partial charge in [0.05, 0.1) is 37.8 Å². The van der Waals surface area contributed by atoms with E-state index in [1.54, 1.807) is 24.9 Å². The van der Waals surface area contributed by atoms with Crippen molar-refractivity contribution in [3.8, 4) is 0 Å². The Balaban J connectivity index is 1.84. The molecular formula is C16H24N6O4. The van der Waals surface area contributed by atoms with E-state index in [1.807, 2.05) is 0 Å². The highest BCUT2D eigenvalue weighted by molar-refractivity contribution is 5.86. The summed E-state index contributed by atoms with van der Waals surface area (Å²) in [6, 6.07) is 0. The van der Waals surface area contributed by atoms with Gasteiger partial charge >= 0.3 is 5.97 Å². The van der Waals surface area contributed by atoms with Gasteiger partial charge < -0.3 is 20.1 Å². The van der Waals surface area contributed by atoms with Crippen LogP contribution in [-0.2, 0) is 25.6 Å². The molecule has 0 aromatic carbocycles. The highest BCUT2D eigenvalue weighted by Gasteiger charge is 2.10. The summed E-state index contributed by atoms with van der Waals surface area (Å²) in [5.74, 6) is 0.119. The normalized spacial score (nSPS) is 10.7. The van der Waals surface area contributed by atoms with Crippen LogP contribution in [0.4, 0.5) is 5.82 Å². The van der Waals surface area contributed by atoms with E-state index in [4.69, 9.17) is 9.47 Å². The maximum absolute atomic E-state index is 11.7. The molecular weight excluding hydrogens is 340 g/mol. The smallest absolute Gasteiger partial charge is 0.306 e. The number of nitrogens with zero attached hydrogens (tertiary/aromatic N) is 4. The maximum atomic E-state index is 11.7. The van der Waals surface area contributed by atoms with Crippen molar-refractivity contribution in [3.05, 3.63) is 12.5 Å². The van der Waals surface area contributed by atoms with E-state index >= 15 is 0 Å². The summed E-state index contributed by atoms with van der Waals surface area (Å²) in [6.07, 6.45) is 3.34. The Bertz CT molecular complexity index is 733. The van der Waals surface area contributed by atoms with Crippen LogP contribution in [0.25, 0.3) is 11.0 Å². The molecule has 0 aliphatic rings. The summed E-state index contributed by atoms with van der Waals surface area (Å²) in [7, 11) is 1.64. The van der Waals surface area contributed by atoms with Gasteiger partial charge in [0.25, 0.3) is 0 Å². The first-order valence-electron chi connectivity index (χ1n) is 8.47. The lowest BCUT2D eigenvalue weighted by molar-refractivity contribution is -0.144. The van der Waals surface area contributed by atoms with Crippen LogP contribution < -0.4 is 10.6 Å². The van der Waals surface area contributed by atoms with Gasteiger partial charge in [-0.05, 0) is 6.92 Å². The summed E-state index contributed by atoms with van der Waals surface area (Å²) in [4.78, 5) is 31.4. The first-order chi connectivity index (χ1) is 12.7. The lowest BCUT2D eigenvalue weighted by atomic mass is 10.3. The molecule has 0 fully saturated rings. The molecule has 0 radical (unpaired) electrons. The van der Waals surface area contributed by atoms with E-state index in [0.717, 1.165) is 5.39 Å². The average Bonchev–Trinajstić information content (AvgIpc) is 3.05. The van der Waals surface area contributed by atoms with E-state index < -0.39 is 0 Å². The quantitative estimate of drug-likeness (QED) is 0.433. The van der Waals surface area contributed by atoms with Gasteiger partial charge in [-0.15, -0.1) is 0 Å². The molecule has 0 saturated heterocycles. The van der Waals surface area contributed by atoms with Gasteiger partial charge in [-0.25, -0.2) is 14.6 Å². The van der Waals surface area contributed by atoms with Crippen LogP contribution in [0.5, 0.6) is 0 Å². The van der Waals surface area contributed by atoms with Gasteiger partial charge in [0.15, 0.2) is 5.65 Å². The van der Waals surface area contributed by atoms with E-state index in [2.05, 4.69) is 25.7 Å². The second-order valence-corrected chi connectivity index (χ2v) is 5.40. The minimum Gasteiger partial charge on any atom is -0.466 e. The fourth-order valence-electron chi connectivity index (χ4n) is 2.31. The molecule has 0 atom stereocenters. The molecule has 2 rings (SSSR count). The summed E-state index contributed by atoms with van der Waals surface area (Å²) in [5, 5.41) is 11.0. The number of nitrogens with one attached hydrogen (secondary N) is 2. The van der Waals surface area contributed by atoms with Crippen molar-refractivity contribution in [2.75, 3.05) is 38.7 Å². The molecule has 142 valence electrons. The lowest BCUT2D eigenvalue weighted by Gasteiger charge is -2.07. The number of esters is 1. The Hall–Kier alpha value is -2.75. The summed E-state index contributed by atoms with van der Waals surface area (Å²) in [6.45, 7) is 4.09. The molecule has 0 spiro atoms. The number of methoxy groups -OCH3 is 1. The molecule has 2 aromatic rings. The number of rotatable bonds is 11. The SMILES string of the molecule is CCOC(=O)CCC(=O)NCCn1ncc2c(NCCOC)ncnc21. The number of fused-ring (bicyclic) bond motifs is 1. The van der Waals surface area contributed by atoms with Crippen molar-refractivity contribution < 1.29 is 19.1 Å². The van der Waals surface area contributed by atoms with Gasteiger partial charge in [0, 0.05) is 26.6 Å². The Kier molecular flexibility index (Phi) is 7.75. The zero-order valence-electron chi connectivity index (χ0n) is 15.0. The van der Waals surface area contributed by atoms with Crippen molar-refractivity contribution in [3.63, 3.8) is 0 Å². The number of carbonyl (C=O) groups is 2. The largest absolute Gasteiger partial charge is 0.466 e. The summed E-state index contributed by atoms with van der Waals surface area (Å²) < 4.78 is 11.5. The Labute approximate surface area is 151 Å². The standard InChI is InChI=1S/C16H24N6O4/c1-3-26-14(24)5-4-13(23)17-6-8-22-16-12(10-21-22)15(19-11-20-16)18-7-9-25-2/h10-11H,3-9H2,1-2H3,(H,17,23)(H,18,19,20). The van der Waals surface area contributed by atoms with Crippen molar-refractivity contribution in [2.45, 2.75) is 26.3 Å². The number of hydrogen-bond acceptors (Lipinski definition) is 8. The third kappa shape index (κ3) is 5.66. The van der Waals surface area contributed by atoms with Crippen LogP contribution in [0.15, 0.2) is 12.5 Å². The molecule has 2 heterocycles. The second-order valence-electron chi connectivity index (χ2n) is 5.40. The fourth-order valence-corrected chi connectivity index (χ4v) is 2.31. The third-order valence-corrected chi connectivity index (χ3v) is 3.54. The van der Waals surface area contributed by atoms with Gasteiger partial charge in [-0.3, -0.25) is 9.59 Å². The Morgan fingerprint density at radius 2 is 2.08 bits per heavy atom. The zero-order valence-corrected chi connectivity index (χ0v) is 15.0. The van der Waals surface area contributed by atoms with Gasteiger partial charge in [-0.2, -0.15) is 5.10 Å². The second kappa shape index (κ2) is 10.3. The third-order valence-electron chi connectivity index (χ3n) is 3.54. The number of carbonyl (C=O) groups excluding carboxylic acids is 2. The molecule has 0 aliphatic carbocycles. The van der Waals surface area contributed by atoms with Gasteiger partial charge in [0.2, 0.25) is 5.91 Å². The highest BCUT2D eigenvalue weighted by atomic mass is 16.5. The minimum absolute atomic E-state index is 0.0775. The maximum Gasteiger partial charge on any atom is 0.306 e. The number of hydrogen-bond donors (Lipinski definition) is 2. The topological polar surface area (TPSA) is 120 Å². The van der Waals surface area contributed by atoms with Crippen molar-refractivity contribution in [2.24, 2.45) is 0 Å². The summed E-state index contributed by atoms with van der Waals surface area (Å²) >= 11 is 0. The lowest BCUT2D eigenvalue weighted by Crippen LogP contribution is -2.28. The number of aromatic nitrogens is 4. The fraction of sp³-hybridized carbons (Fsp3) is 0.562. The van der Waals surface area contributed by atoms with Crippen LogP contribution >= 0.6 is 0 Å². The number of anilines is 1.